The molecule has 1 aliphatic rings. The molecule has 1 N–H and O–H groups in total. The van der Waals surface area contributed by atoms with Gasteiger partial charge in [-0.1, -0.05) is 0 Å². The summed E-state index contributed by atoms with van der Waals surface area (Å²) in [7, 11) is 1.51. The average molecular weight is 254 g/mol. The van der Waals surface area contributed by atoms with Crippen molar-refractivity contribution in [3.05, 3.63) is 12.7 Å². The fourth-order valence-corrected chi connectivity index (χ4v) is 2.02. The van der Waals surface area contributed by atoms with Crippen LogP contribution in [0.2, 0.25) is 0 Å². The number of carbonyl (C=O) groups is 2. The van der Waals surface area contributed by atoms with Crippen LogP contribution in [0, 0.1) is 0 Å². The van der Waals surface area contributed by atoms with Crippen LogP contribution in [0.4, 0.5) is 0 Å². The number of methoxy groups -OCH3 is 1. The molecule has 0 spiro atoms. The van der Waals surface area contributed by atoms with Crippen molar-refractivity contribution >= 4 is 11.9 Å². The van der Waals surface area contributed by atoms with Gasteiger partial charge in [-0.05, 0) is 0 Å². The van der Waals surface area contributed by atoms with Crippen molar-refractivity contribution < 1.29 is 19.4 Å². The van der Waals surface area contributed by atoms with Gasteiger partial charge in [0, 0.05) is 20.1 Å². The highest BCUT2D eigenvalue weighted by Crippen LogP contribution is 2.20. The third-order valence-corrected chi connectivity index (χ3v) is 2.97. The number of aliphatic carboxylic acids is 1. The monoisotopic (exact) mass is 254 g/mol. The van der Waals surface area contributed by atoms with Crippen LogP contribution >= 0.6 is 0 Å². The number of rotatable bonds is 4. The molecule has 2 atom stereocenters. The molecule has 18 heavy (non-hydrogen) atoms. The lowest BCUT2D eigenvalue weighted by molar-refractivity contribution is -0.148. The Morgan fingerprint density at radius 1 is 1.56 bits per heavy atom. The molecule has 8 heteroatoms. The van der Waals surface area contributed by atoms with Gasteiger partial charge in [0.1, 0.15) is 25.2 Å². The van der Waals surface area contributed by atoms with Crippen LogP contribution in [0.3, 0.4) is 0 Å². The van der Waals surface area contributed by atoms with Gasteiger partial charge in [0.05, 0.1) is 6.10 Å². The number of hydrogen-bond acceptors (Lipinski definition) is 5. The summed E-state index contributed by atoms with van der Waals surface area (Å²) in [6.07, 6.45) is 2.82. The van der Waals surface area contributed by atoms with Gasteiger partial charge in [-0.3, -0.25) is 4.79 Å². The first kappa shape index (κ1) is 12.5. The predicted octanol–water partition coefficient (Wildman–Crippen LogP) is -1.02. The maximum atomic E-state index is 12.0. The molecule has 0 aromatic carbocycles. The van der Waals surface area contributed by atoms with E-state index >= 15 is 0 Å². The molecule has 1 amide bonds. The smallest absolute Gasteiger partial charge is 0.326 e. The fraction of sp³-hybridized carbons (Fsp3) is 0.600. The van der Waals surface area contributed by atoms with Crippen LogP contribution in [0.25, 0.3) is 0 Å². The van der Waals surface area contributed by atoms with Gasteiger partial charge in [0.2, 0.25) is 5.91 Å². The number of ether oxygens (including phenoxy) is 1. The maximum Gasteiger partial charge on any atom is 0.326 e. The third-order valence-electron chi connectivity index (χ3n) is 2.97. The van der Waals surface area contributed by atoms with Crippen molar-refractivity contribution in [1.82, 2.24) is 19.7 Å². The normalized spacial score (nSPS) is 23.3. The van der Waals surface area contributed by atoms with Gasteiger partial charge in [0.25, 0.3) is 0 Å². The minimum absolute atomic E-state index is 0.0137. The zero-order valence-corrected chi connectivity index (χ0v) is 9.89. The van der Waals surface area contributed by atoms with Crippen molar-refractivity contribution in [2.45, 2.75) is 25.1 Å². The van der Waals surface area contributed by atoms with E-state index < -0.39 is 12.0 Å². The van der Waals surface area contributed by atoms with Crippen LogP contribution < -0.4 is 0 Å². The Morgan fingerprint density at radius 3 is 2.89 bits per heavy atom. The number of aromatic nitrogens is 3. The Labute approximate surface area is 103 Å². The fourth-order valence-electron chi connectivity index (χ4n) is 2.02. The number of carbonyl (C=O) groups excluding carboxylic acids is 1. The number of carboxylic acid groups (broad SMARTS) is 1. The van der Waals surface area contributed by atoms with Gasteiger partial charge < -0.3 is 14.7 Å². The second-order valence-corrected chi connectivity index (χ2v) is 4.09. The van der Waals surface area contributed by atoms with Gasteiger partial charge in [-0.25, -0.2) is 14.5 Å². The number of carboxylic acids is 1. The second kappa shape index (κ2) is 5.13. The summed E-state index contributed by atoms with van der Waals surface area (Å²) >= 11 is 0. The molecule has 1 aromatic heterocycles. The van der Waals surface area contributed by atoms with E-state index in [-0.39, 0.29) is 18.6 Å². The predicted molar refractivity (Wildman–Crippen MR) is 58.6 cm³/mol. The van der Waals surface area contributed by atoms with E-state index in [1.807, 2.05) is 0 Å². The number of amides is 1. The Bertz CT molecular complexity index is 433. The largest absolute Gasteiger partial charge is 0.480 e. The molecular weight excluding hydrogens is 240 g/mol. The number of nitrogens with zero attached hydrogens (tertiary/aromatic N) is 4. The van der Waals surface area contributed by atoms with Crippen molar-refractivity contribution in [2.75, 3.05) is 13.7 Å². The number of hydrogen-bond donors (Lipinski definition) is 1. The summed E-state index contributed by atoms with van der Waals surface area (Å²) in [4.78, 5) is 28.1. The molecule has 1 aromatic rings. The van der Waals surface area contributed by atoms with Crippen molar-refractivity contribution in [3.63, 3.8) is 0 Å². The third kappa shape index (κ3) is 2.48. The number of likely N-dealkylation sites (tertiary alicyclic amines) is 1. The Kier molecular flexibility index (Phi) is 3.56. The SMILES string of the molecule is COC1CC(C(=O)O)N(C(=O)Cn2cncn2)C1. The summed E-state index contributed by atoms with van der Waals surface area (Å²) < 4.78 is 6.48. The standard InChI is InChI=1S/C10H14N4O4/c1-18-7-2-8(10(16)17)14(3-7)9(15)4-13-6-11-5-12-13/h5-8H,2-4H2,1H3,(H,16,17). The average Bonchev–Trinajstić information content (AvgIpc) is 2.96. The molecule has 0 aliphatic carbocycles. The first-order chi connectivity index (χ1) is 8.61. The lowest BCUT2D eigenvalue weighted by Gasteiger charge is -2.20. The summed E-state index contributed by atoms with van der Waals surface area (Å²) in [5.41, 5.74) is 0. The summed E-state index contributed by atoms with van der Waals surface area (Å²) in [6.45, 7) is 0.279. The second-order valence-electron chi connectivity index (χ2n) is 4.09. The minimum Gasteiger partial charge on any atom is -0.480 e. The molecule has 2 unspecified atom stereocenters. The van der Waals surface area contributed by atoms with E-state index in [9.17, 15) is 9.59 Å². The van der Waals surface area contributed by atoms with Crippen LogP contribution in [-0.4, -0.2) is 62.4 Å². The van der Waals surface area contributed by atoms with Gasteiger partial charge >= 0.3 is 5.97 Å². The Balaban J connectivity index is 2.05. The summed E-state index contributed by atoms with van der Waals surface area (Å²) in [5, 5.41) is 12.9. The van der Waals surface area contributed by atoms with Crippen LogP contribution in [-0.2, 0) is 20.9 Å². The molecule has 1 aliphatic heterocycles. The van der Waals surface area contributed by atoms with E-state index in [0.29, 0.717) is 13.0 Å². The van der Waals surface area contributed by atoms with E-state index in [1.165, 1.54) is 29.3 Å². The highest BCUT2D eigenvalue weighted by molar-refractivity contribution is 5.84. The molecule has 1 saturated heterocycles. The molecule has 0 saturated carbocycles. The molecule has 2 heterocycles. The van der Waals surface area contributed by atoms with Crippen LogP contribution in [0.5, 0.6) is 0 Å². The first-order valence-electron chi connectivity index (χ1n) is 5.49. The van der Waals surface area contributed by atoms with Gasteiger partial charge in [-0.15, -0.1) is 0 Å². The van der Waals surface area contributed by atoms with Crippen molar-refractivity contribution in [2.24, 2.45) is 0 Å². The van der Waals surface area contributed by atoms with Gasteiger partial charge in [0.15, 0.2) is 0 Å². The minimum atomic E-state index is -1.01. The van der Waals surface area contributed by atoms with Gasteiger partial charge in [-0.2, -0.15) is 5.10 Å². The molecule has 2 rings (SSSR count). The lowest BCUT2D eigenvalue weighted by atomic mass is 10.2. The van der Waals surface area contributed by atoms with Crippen LogP contribution in [0.1, 0.15) is 6.42 Å². The molecule has 0 radical (unpaired) electrons. The van der Waals surface area contributed by atoms with E-state index in [2.05, 4.69) is 10.1 Å². The summed E-state index contributed by atoms with van der Waals surface area (Å²) in [6, 6.07) is -0.828. The topological polar surface area (TPSA) is 97.6 Å². The molecule has 8 nitrogen and oxygen atoms in total. The zero-order chi connectivity index (χ0) is 13.1. The first-order valence-corrected chi connectivity index (χ1v) is 5.49. The Hall–Kier alpha value is -1.96. The highest BCUT2D eigenvalue weighted by atomic mass is 16.5. The Morgan fingerprint density at radius 2 is 2.33 bits per heavy atom. The quantitative estimate of drug-likeness (QED) is 0.738. The molecule has 0 bridgehead atoms. The maximum absolute atomic E-state index is 12.0. The zero-order valence-electron chi connectivity index (χ0n) is 9.89. The molecule has 98 valence electrons. The molecule has 1 fully saturated rings. The highest BCUT2D eigenvalue weighted by Gasteiger charge is 2.39. The molecular formula is C10H14N4O4. The van der Waals surface area contributed by atoms with E-state index in [1.54, 1.807) is 0 Å². The van der Waals surface area contributed by atoms with E-state index in [0.717, 1.165) is 0 Å². The van der Waals surface area contributed by atoms with Crippen LogP contribution in [0.15, 0.2) is 12.7 Å². The van der Waals surface area contributed by atoms with E-state index in [4.69, 9.17) is 9.84 Å². The lowest BCUT2D eigenvalue weighted by Crippen LogP contribution is -2.42. The summed E-state index contributed by atoms with van der Waals surface area (Å²) in [5.74, 6) is -1.31. The van der Waals surface area contributed by atoms with Crippen molar-refractivity contribution in [3.8, 4) is 0 Å². The van der Waals surface area contributed by atoms with Crippen molar-refractivity contribution in [1.29, 1.82) is 0 Å².